The number of carbonyl (C=O) groups excluding carboxylic acids is 2. The Morgan fingerprint density at radius 3 is 2.77 bits per heavy atom. The van der Waals surface area contributed by atoms with Crippen molar-refractivity contribution in [3.63, 3.8) is 0 Å². The molecule has 22 heavy (non-hydrogen) atoms. The fourth-order valence-corrected chi connectivity index (χ4v) is 2.71. The lowest BCUT2D eigenvalue weighted by molar-refractivity contribution is -0.384. The van der Waals surface area contributed by atoms with Crippen LogP contribution < -0.4 is 5.32 Å². The number of non-ortho nitro benzene ring substituents is 1. The van der Waals surface area contributed by atoms with Crippen LogP contribution >= 0.6 is 11.6 Å². The van der Waals surface area contributed by atoms with Crippen LogP contribution in [0.1, 0.15) is 24.8 Å². The van der Waals surface area contributed by atoms with Crippen molar-refractivity contribution in [1.29, 1.82) is 0 Å². The lowest BCUT2D eigenvalue weighted by Crippen LogP contribution is -2.34. The molecule has 1 aliphatic rings. The van der Waals surface area contributed by atoms with Gasteiger partial charge in [-0.25, -0.2) is 4.79 Å². The zero-order valence-corrected chi connectivity index (χ0v) is 12.6. The molecule has 0 bridgehead atoms. The number of hydrogen-bond acceptors (Lipinski definition) is 5. The van der Waals surface area contributed by atoms with Crippen molar-refractivity contribution in [1.82, 2.24) is 5.32 Å². The molecule has 0 radical (unpaired) electrons. The van der Waals surface area contributed by atoms with E-state index in [0.717, 1.165) is 0 Å². The SMILES string of the molecule is COC(=O)C1=C(C)NC(=O)C[C@H]1c1cc([N+](=O)[O-])ccc1Cl. The van der Waals surface area contributed by atoms with Crippen LogP contribution in [0.5, 0.6) is 0 Å². The first-order valence-electron chi connectivity index (χ1n) is 6.38. The molecule has 1 heterocycles. The average Bonchev–Trinajstić information content (AvgIpc) is 2.46. The molecule has 7 nitrogen and oxygen atoms in total. The van der Waals surface area contributed by atoms with Crippen molar-refractivity contribution in [2.45, 2.75) is 19.3 Å². The third-order valence-electron chi connectivity index (χ3n) is 3.44. The van der Waals surface area contributed by atoms with E-state index in [9.17, 15) is 19.7 Å². The van der Waals surface area contributed by atoms with Crippen LogP contribution in [0.3, 0.4) is 0 Å². The van der Waals surface area contributed by atoms with Crippen LogP contribution in [-0.2, 0) is 14.3 Å². The highest BCUT2D eigenvalue weighted by atomic mass is 35.5. The van der Waals surface area contributed by atoms with E-state index < -0.39 is 16.8 Å². The minimum absolute atomic E-state index is 0.0390. The summed E-state index contributed by atoms with van der Waals surface area (Å²) < 4.78 is 4.74. The Balaban J connectivity index is 2.60. The summed E-state index contributed by atoms with van der Waals surface area (Å²) in [6.07, 6.45) is -0.0390. The highest BCUT2D eigenvalue weighted by molar-refractivity contribution is 6.31. The molecular weight excluding hydrogens is 312 g/mol. The molecule has 1 aromatic carbocycles. The molecule has 1 N–H and O–H groups in total. The molecule has 116 valence electrons. The number of nitrogens with zero attached hydrogens (tertiary/aromatic N) is 1. The molecule has 8 heteroatoms. The van der Waals surface area contributed by atoms with E-state index in [1.807, 2.05) is 0 Å². The van der Waals surface area contributed by atoms with Crippen molar-refractivity contribution in [3.05, 3.63) is 50.2 Å². The van der Waals surface area contributed by atoms with E-state index in [2.05, 4.69) is 5.32 Å². The molecule has 0 aromatic heterocycles. The fourth-order valence-electron chi connectivity index (χ4n) is 2.46. The van der Waals surface area contributed by atoms with E-state index in [1.165, 1.54) is 25.3 Å². The number of methoxy groups -OCH3 is 1. The summed E-state index contributed by atoms with van der Waals surface area (Å²) in [5.41, 5.74) is 0.790. The van der Waals surface area contributed by atoms with Gasteiger partial charge in [-0.05, 0) is 18.6 Å². The number of esters is 1. The second kappa shape index (κ2) is 6.15. The normalized spacial score (nSPS) is 18.0. The summed E-state index contributed by atoms with van der Waals surface area (Å²) in [6, 6.07) is 3.93. The van der Waals surface area contributed by atoms with Crippen molar-refractivity contribution in [3.8, 4) is 0 Å². The first-order chi connectivity index (χ1) is 10.3. The predicted molar refractivity (Wildman–Crippen MR) is 78.3 cm³/mol. The van der Waals surface area contributed by atoms with Gasteiger partial charge in [0.25, 0.3) is 5.69 Å². The smallest absolute Gasteiger partial charge is 0.336 e. The number of carbonyl (C=O) groups is 2. The van der Waals surface area contributed by atoms with Gasteiger partial charge in [0.1, 0.15) is 0 Å². The third-order valence-corrected chi connectivity index (χ3v) is 3.78. The first-order valence-corrected chi connectivity index (χ1v) is 6.75. The molecule has 1 atom stereocenters. The van der Waals surface area contributed by atoms with Crippen LogP contribution in [0.4, 0.5) is 5.69 Å². The van der Waals surface area contributed by atoms with Gasteiger partial charge in [0.15, 0.2) is 0 Å². The molecule has 0 fully saturated rings. The summed E-state index contributed by atoms with van der Waals surface area (Å²) in [5.74, 6) is -1.59. The fraction of sp³-hybridized carbons (Fsp3) is 0.286. The highest BCUT2D eigenvalue weighted by Crippen LogP contribution is 2.38. The van der Waals surface area contributed by atoms with E-state index in [1.54, 1.807) is 6.92 Å². The zero-order valence-electron chi connectivity index (χ0n) is 11.9. The van der Waals surface area contributed by atoms with E-state index in [-0.39, 0.29) is 28.6 Å². The summed E-state index contributed by atoms with van der Waals surface area (Å²) >= 11 is 6.11. The van der Waals surface area contributed by atoms with Gasteiger partial charge in [-0.15, -0.1) is 0 Å². The van der Waals surface area contributed by atoms with E-state index in [4.69, 9.17) is 16.3 Å². The quantitative estimate of drug-likeness (QED) is 0.522. The monoisotopic (exact) mass is 324 g/mol. The Hall–Kier alpha value is -2.41. The van der Waals surface area contributed by atoms with Crippen LogP contribution in [0, 0.1) is 10.1 Å². The van der Waals surface area contributed by atoms with E-state index >= 15 is 0 Å². The summed E-state index contributed by atoms with van der Waals surface area (Å²) in [6.45, 7) is 1.57. The number of amides is 1. The van der Waals surface area contributed by atoms with Crippen LogP contribution in [-0.4, -0.2) is 23.9 Å². The molecule has 0 unspecified atom stereocenters. The number of ether oxygens (including phenoxy) is 1. The molecule has 1 amide bonds. The zero-order chi connectivity index (χ0) is 16.4. The molecule has 0 saturated heterocycles. The summed E-state index contributed by atoms with van der Waals surface area (Å²) in [5, 5.41) is 13.7. The largest absolute Gasteiger partial charge is 0.466 e. The average molecular weight is 325 g/mol. The molecule has 0 saturated carbocycles. The standard InChI is InChI=1S/C14H13ClN2O5/c1-7-13(14(19)22-2)10(6-12(18)16-7)9-5-8(17(20)21)3-4-11(9)15/h3-5,10H,6H2,1-2H3,(H,16,18)/t10-/m0/s1. The molecule has 2 rings (SSSR count). The number of benzene rings is 1. The maximum absolute atomic E-state index is 12.0. The number of nitrogens with one attached hydrogen (secondary N) is 1. The Kier molecular flexibility index (Phi) is 4.46. The van der Waals surface area contributed by atoms with Gasteiger partial charge in [-0.1, -0.05) is 11.6 Å². The maximum Gasteiger partial charge on any atom is 0.336 e. The van der Waals surface area contributed by atoms with Crippen LogP contribution in [0.15, 0.2) is 29.5 Å². The molecule has 0 spiro atoms. The minimum atomic E-state index is -0.686. The molecule has 0 aliphatic carbocycles. The Morgan fingerprint density at radius 2 is 2.18 bits per heavy atom. The van der Waals surface area contributed by atoms with Crippen molar-refractivity contribution < 1.29 is 19.2 Å². The number of halogens is 1. The predicted octanol–water partition coefficient (Wildman–Crippen LogP) is 2.30. The van der Waals surface area contributed by atoms with Gasteiger partial charge in [0.2, 0.25) is 5.91 Å². The topological polar surface area (TPSA) is 98.5 Å². The summed E-state index contributed by atoms with van der Waals surface area (Å²) in [4.78, 5) is 34.1. The maximum atomic E-state index is 12.0. The lowest BCUT2D eigenvalue weighted by atomic mass is 9.84. The number of rotatable bonds is 3. The summed E-state index contributed by atoms with van der Waals surface area (Å²) in [7, 11) is 1.23. The van der Waals surface area contributed by atoms with Gasteiger partial charge in [0, 0.05) is 35.2 Å². The van der Waals surface area contributed by atoms with Gasteiger partial charge < -0.3 is 10.1 Å². The van der Waals surface area contributed by atoms with Crippen molar-refractivity contribution in [2.24, 2.45) is 0 Å². The number of allylic oxidation sites excluding steroid dienone is 1. The van der Waals surface area contributed by atoms with Crippen molar-refractivity contribution >= 4 is 29.2 Å². The van der Waals surface area contributed by atoms with Crippen LogP contribution in [0.2, 0.25) is 5.02 Å². The van der Waals surface area contributed by atoms with Crippen molar-refractivity contribution in [2.75, 3.05) is 7.11 Å². The second-order valence-corrected chi connectivity index (χ2v) is 5.21. The Morgan fingerprint density at radius 1 is 1.50 bits per heavy atom. The molecule has 1 aromatic rings. The molecular formula is C14H13ClN2O5. The van der Waals surface area contributed by atoms with Gasteiger partial charge in [-0.2, -0.15) is 0 Å². The highest BCUT2D eigenvalue weighted by Gasteiger charge is 2.34. The minimum Gasteiger partial charge on any atom is -0.466 e. The number of nitro groups is 1. The van der Waals surface area contributed by atoms with Gasteiger partial charge >= 0.3 is 5.97 Å². The lowest BCUT2D eigenvalue weighted by Gasteiger charge is -2.26. The number of hydrogen-bond donors (Lipinski definition) is 1. The Bertz CT molecular complexity index is 698. The third kappa shape index (κ3) is 2.94. The molecule has 1 aliphatic heterocycles. The Labute approximate surface area is 131 Å². The van der Waals surface area contributed by atoms with Crippen LogP contribution in [0.25, 0.3) is 0 Å². The van der Waals surface area contributed by atoms with Gasteiger partial charge in [-0.3, -0.25) is 14.9 Å². The van der Waals surface area contributed by atoms with E-state index in [0.29, 0.717) is 11.3 Å². The second-order valence-electron chi connectivity index (χ2n) is 4.80. The first kappa shape index (κ1) is 16.0. The van der Waals surface area contributed by atoms with Gasteiger partial charge in [0.05, 0.1) is 17.6 Å². The number of nitro benzene ring substituents is 1.